The van der Waals surface area contributed by atoms with Crippen LogP contribution in [0.1, 0.15) is 18.4 Å². The van der Waals surface area contributed by atoms with Gasteiger partial charge in [0.1, 0.15) is 30.1 Å². The number of hydrogen-bond acceptors (Lipinski definition) is 6. The Labute approximate surface area is 176 Å². The third-order valence-electron chi connectivity index (χ3n) is 5.30. The molecule has 1 saturated heterocycles. The Morgan fingerprint density at radius 3 is 2.90 bits per heavy atom. The van der Waals surface area contributed by atoms with Crippen LogP contribution < -0.4 is 14.9 Å². The molecule has 1 aromatic heterocycles. The Morgan fingerprint density at radius 2 is 2.07 bits per heavy atom. The van der Waals surface area contributed by atoms with Crippen molar-refractivity contribution in [3.8, 4) is 17.2 Å². The van der Waals surface area contributed by atoms with Crippen LogP contribution in [0.5, 0.6) is 17.2 Å². The van der Waals surface area contributed by atoms with Crippen molar-refractivity contribution in [2.75, 3.05) is 19.9 Å². The fraction of sp³-hybridized carbons (Fsp3) is 0.318. The fourth-order valence-electron chi connectivity index (χ4n) is 3.85. The maximum absolute atomic E-state index is 13.0. The van der Waals surface area contributed by atoms with Gasteiger partial charge in [0, 0.05) is 19.7 Å². The molecule has 0 amide bonds. The summed E-state index contributed by atoms with van der Waals surface area (Å²) in [6, 6.07) is 10.9. The van der Waals surface area contributed by atoms with Crippen molar-refractivity contribution in [1.29, 1.82) is 0 Å². The lowest BCUT2D eigenvalue weighted by Crippen LogP contribution is -2.37. The third-order valence-corrected chi connectivity index (χ3v) is 5.95. The molecule has 150 valence electrons. The minimum absolute atomic E-state index is 0.150. The van der Waals surface area contributed by atoms with Gasteiger partial charge in [0.05, 0.1) is 21.5 Å². The van der Waals surface area contributed by atoms with Crippen molar-refractivity contribution < 1.29 is 18.6 Å². The number of para-hydroxylation sites is 1. The van der Waals surface area contributed by atoms with Crippen LogP contribution in [-0.4, -0.2) is 30.9 Å². The summed E-state index contributed by atoms with van der Waals surface area (Å²) in [7, 11) is 0. The summed E-state index contributed by atoms with van der Waals surface area (Å²) in [5.74, 6) is 1.46. The first-order valence-electron chi connectivity index (χ1n) is 9.65. The highest BCUT2D eigenvalue weighted by atomic mass is 79.9. The van der Waals surface area contributed by atoms with Gasteiger partial charge in [0.2, 0.25) is 11.2 Å². The molecule has 3 heterocycles. The van der Waals surface area contributed by atoms with E-state index in [2.05, 4.69) is 20.8 Å². The van der Waals surface area contributed by atoms with Gasteiger partial charge in [0.25, 0.3) is 0 Å². The molecule has 29 heavy (non-hydrogen) atoms. The maximum atomic E-state index is 13.0. The first-order valence-corrected chi connectivity index (χ1v) is 10.4. The molecule has 0 spiro atoms. The summed E-state index contributed by atoms with van der Waals surface area (Å²) in [4.78, 5) is 15.2. The summed E-state index contributed by atoms with van der Waals surface area (Å²) in [5, 5.41) is 0.482. The zero-order chi connectivity index (χ0) is 19.8. The minimum Gasteiger partial charge on any atom is -0.478 e. The number of rotatable bonds is 4. The van der Waals surface area contributed by atoms with Gasteiger partial charge in [-0.2, -0.15) is 0 Å². The molecular weight excluding hydrogens is 438 g/mol. The van der Waals surface area contributed by atoms with Crippen LogP contribution in [0.2, 0.25) is 0 Å². The standard InChI is InChI=1S/C22H20BrNO5/c23-17-5-1-2-6-19(17)29-20-12-27-22-15(21(20)25)7-8-18-16(22)11-24(13-28-18)10-14-4-3-9-26-14/h1-2,5-8,12,14H,3-4,9-11,13H2/t14-/m0/s1. The van der Waals surface area contributed by atoms with Crippen molar-refractivity contribution in [3.63, 3.8) is 0 Å². The van der Waals surface area contributed by atoms with E-state index in [1.165, 1.54) is 6.26 Å². The summed E-state index contributed by atoms with van der Waals surface area (Å²) >= 11 is 3.43. The molecular formula is C22H20BrNO5. The maximum Gasteiger partial charge on any atom is 0.235 e. The highest BCUT2D eigenvalue weighted by molar-refractivity contribution is 9.10. The quantitative estimate of drug-likeness (QED) is 0.566. The van der Waals surface area contributed by atoms with Crippen LogP contribution >= 0.6 is 15.9 Å². The van der Waals surface area contributed by atoms with Gasteiger partial charge in [-0.1, -0.05) is 12.1 Å². The van der Waals surface area contributed by atoms with Gasteiger partial charge in [0.15, 0.2) is 0 Å². The highest BCUT2D eigenvalue weighted by Crippen LogP contribution is 2.34. The van der Waals surface area contributed by atoms with Crippen LogP contribution in [0.25, 0.3) is 11.0 Å². The molecule has 5 rings (SSSR count). The van der Waals surface area contributed by atoms with Gasteiger partial charge >= 0.3 is 0 Å². The van der Waals surface area contributed by atoms with Gasteiger partial charge in [-0.3, -0.25) is 9.69 Å². The molecule has 0 bridgehead atoms. The smallest absolute Gasteiger partial charge is 0.235 e. The Hall–Kier alpha value is -2.35. The van der Waals surface area contributed by atoms with Crippen molar-refractivity contribution in [2.24, 2.45) is 0 Å². The number of ether oxygens (including phenoxy) is 3. The first kappa shape index (κ1) is 18.7. The van der Waals surface area contributed by atoms with Crippen LogP contribution in [0.3, 0.4) is 0 Å². The molecule has 0 aliphatic carbocycles. The monoisotopic (exact) mass is 457 g/mol. The first-order chi connectivity index (χ1) is 14.2. The van der Waals surface area contributed by atoms with E-state index in [9.17, 15) is 4.79 Å². The molecule has 0 unspecified atom stereocenters. The predicted molar refractivity (Wildman–Crippen MR) is 112 cm³/mol. The molecule has 1 atom stereocenters. The van der Waals surface area contributed by atoms with Gasteiger partial charge in [-0.15, -0.1) is 0 Å². The molecule has 0 saturated carbocycles. The minimum atomic E-state index is -0.207. The summed E-state index contributed by atoms with van der Waals surface area (Å²) in [6.45, 7) is 2.79. The van der Waals surface area contributed by atoms with E-state index in [1.807, 2.05) is 24.3 Å². The number of hydrogen-bond donors (Lipinski definition) is 0. The van der Waals surface area contributed by atoms with E-state index in [1.54, 1.807) is 12.1 Å². The zero-order valence-corrected chi connectivity index (χ0v) is 17.3. The molecule has 3 aromatic rings. The lowest BCUT2D eigenvalue weighted by atomic mass is 10.1. The normalized spacial score (nSPS) is 19.1. The van der Waals surface area contributed by atoms with Crippen molar-refractivity contribution >= 4 is 26.9 Å². The molecule has 2 aromatic carbocycles. The number of benzene rings is 2. The lowest BCUT2D eigenvalue weighted by Gasteiger charge is -2.30. The second kappa shape index (κ2) is 7.82. The molecule has 0 N–H and O–H groups in total. The van der Waals surface area contributed by atoms with E-state index < -0.39 is 0 Å². The van der Waals surface area contributed by atoms with Crippen LogP contribution in [0.15, 0.2) is 56.3 Å². The lowest BCUT2D eigenvalue weighted by molar-refractivity contribution is 0.0281. The number of nitrogens with zero attached hydrogens (tertiary/aromatic N) is 1. The molecule has 1 fully saturated rings. The Balaban J connectivity index is 1.46. The second-order valence-electron chi connectivity index (χ2n) is 7.30. The average molecular weight is 458 g/mol. The Morgan fingerprint density at radius 1 is 1.17 bits per heavy atom. The Kier molecular flexibility index (Phi) is 5.03. The van der Waals surface area contributed by atoms with Crippen molar-refractivity contribution in [3.05, 3.63) is 62.9 Å². The van der Waals surface area contributed by atoms with E-state index in [0.29, 0.717) is 30.0 Å². The molecule has 6 nitrogen and oxygen atoms in total. The topological polar surface area (TPSA) is 61.1 Å². The molecule has 2 aliphatic rings. The third kappa shape index (κ3) is 3.66. The Bertz CT molecular complexity index is 1110. The average Bonchev–Trinajstić information content (AvgIpc) is 3.24. The SMILES string of the molecule is O=c1c(Oc2ccccc2Br)coc2c3c(ccc12)OCN(C[C@@H]1CCCO1)C3. The van der Waals surface area contributed by atoms with Crippen LogP contribution in [0.4, 0.5) is 0 Å². The summed E-state index contributed by atoms with van der Waals surface area (Å²) in [6.07, 6.45) is 3.80. The zero-order valence-electron chi connectivity index (χ0n) is 15.7. The highest BCUT2D eigenvalue weighted by Gasteiger charge is 2.26. The van der Waals surface area contributed by atoms with Gasteiger partial charge in [-0.05, 0) is 53.0 Å². The molecule has 2 aliphatic heterocycles. The fourth-order valence-corrected chi connectivity index (χ4v) is 4.21. The van der Waals surface area contributed by atoms with E-state index in [-0.39, 0.29) is 17.3 Å². The van der Waals surface area contributed by atoms with Crippen molar-refractivity contribution in [2.45, 2.75) is 25.5 Å². The predicted octanol–water partition coefficient (Wildman–Crippen LogP) is 4.68. The molecule has 0 radical (unpaired) electrons. The van der Waals surface area contributed by atoms with Crippen LogP contribution in [-0.2, 0) is 11.3 Å². The number of fused-ring (bicyclic) bond motifs is 3. The van der Waals surface area contributed by atoms with Crippen LogP contribution in [0, 0.1) is 0 Å². The number of halogens is 1. The molecule has 7 heteroatoms. The van der Waals surface area contributed by atoms with Gasteiger partial charge in [-0.25, -0.2) is 0 Å². The second-order valence-corrected chi connectivity index (χ2v) is 8.15. The largest absolute Gasteiger partial charge is 0.478 e. The van der Waals surface area contributed by atoms with Gasteiger partial charge < -0.3 is 18.6 Å². The summed E-state index contributed by atoms with van der Waals surface area (Å²) < 4.78 is 24.1. The van der Waals surface area contributed by atoms with Crippen molar-refractivity contribution in [1.82, 2.24) is 4.90 Å². The van der Waals surface area contributed by atoms with E-state index in [0.717, 1.165) is 41.8 Å². The van der Waals surface area contributed by atoms with E-state index in [4.69, 9.17) is 18.6 Å². The van der Waals surface area contributed by atoms with E-state index >= 15 is 0 Å². The summed E-state index contributed by atoms with van der Waals surface area (Å²) in [5.41, 5.74) is 1.22.